The van der Waals surface area contributed by atoms with Gasteiger partial charge in [0.05, 0.1) is 23.5 Å². The molecule has 6 heteroatoms. The quantitative estimate of drug-likeness (QED) is 0.725. The average Bonchev–Trinajstić information content (AvgIpc) is 2.91. The normalized spacial score (nSPS) is 22.3. The zero-order valence-electron chi connectivity index (χ0n) is 17.6. The highest BCUT2D eigenvalue weighted by Gasteiger charge is 2.44. The molecule has 2 unspecified atom stereocenters. The number of rotatable bonds is 3. The molecule has 0 bridgehead atoms. The maximum absolute atomic E-state index is 13.6. The van der Waals surface area contributed by atoms with E-state index in [1.807, 2.05) is 50.8 Å². The molecule has 156 valence electrons. The van der Waals surface area contributed by atoms with Crippen molar-refractivity contribution in [3.8, 4) is 0 Å². The van der Waals surface area contributed by atoms with Crippen molar-refractivity contribution in [3.05, 3.63) is 70.7 Å². The molecule has 0 N–H and O–H groups in total. The van der Waals surface area contributed by atoms with Gasteiger partial charge in [-0.15, -0.1) is 0 Å². The van der Waals surface area contributed by atoms with Gasteiger partial charge < -0.3 is 9.64 Å². The van der Waals surface area contributed by atoms with Crippen LogP contribution >= 0.6 is 0 Å². The zero-order chi connectivity index (χ0) is 21.6. The Morgan fingerprint density at radius 2 is 1.47 bits per heavy atom. The van der Waals surface area contributed by atoms with Crippen LogP contribution in [0.4, 0.5) is 10.1 Å². The average molecular weight is 408 g/mol. The number of imide groups is 1. The topological polar surface area (TPSA) is 49.9 Å². The Morgan fingerprint density at radius 3 is 2.03 bits per heavy atom. The molecule has 30 heavy (non-hydrogen) atoms. The van der Waals surface area contributed by atoms with Crippen LogP contribution in [0.3, 0.4) is 0 Å². The van der Waals surface area contributed by atoms with Crippen molar-refractivity contribution in [3.63, 3.8) is 0 Å². The van der Waals surface area contributed by atoms with Crippen molar-refractivity contribution in [1.82, 2.24) is 4.90 Å². The lowest BCUT2D eigenvalue weighted by atomic mass is 10.0. The summed E-state index contributed by atoms with van der Waals surface area (Å²) >= 11 is 0. The number of carbonyl (C=O) groups excluding carboxylic acids is 2. The van der Waals surface area contributed by atoms with Crippen LogP contribution in [0.1, 0.15) is 30.5 Å². The number of benzene rings is 2. The van der Waals surface area contributed by atoms with Crippen molar-refractivity contribution < 1.29 is 18.7 Å². The summed E-state index contributed by atoms with van der Waals surface area (Å²) in [4.78, 5) is 30.3. The molecule has 2 aromatic carbocycles. The van der Waals surface area contributed by atoms with E-state index in [1.54, 1.807) is 12.1 Å². The number of ether oxygens (including phenoxy) is 1. The Bertz CT molecular complexity index is 1010. The van der Waals surface area contributed by atoms with Crippen molar-refractivity contribution in [2.75, 3.05) is 18.0 Å². The van der Waals surface area contributed by atoms with E-state index >= 15 is 0 Å². The lowest BCUT2D eigenvalue weighted by molar-refractivity contribution is -0.121. The Labute approximate surface area is 175 Å². The fourth-order valence-corrected chi connectivity index (χ4v) is 4.36. The first kappa shape index (κ1) is 20.3. The Hall–Kier alpha value is -2.99. The van der Waals surface area contributed by atoms with Crippen molar-refractivity contribution in [1.29, 1.82) is 0 Å². The molecular weight excluding hydrogens is 383 g/mol. The number of hydrogen-bond donors (Lipinski definition) is 0. The van der Waals surface area contributed by atoms with E-state index in [1.165, 1.54) is 17.0 Å². The Morgan fingerprint density at radius 1 is 0.900 bits per heavy atom. The lowest BCUT2D eigenvalue weighted by Gasteiger charge is -2.37. The molecule has 0 spiro atoms. The first-order chi connectivity index (χ1) is 14.2. The number of nitrogens with zero attached hydrogens (tertiary/aromatic N) is 2. The van der Waals surface area contributed by atoms with Gasteiger partial charge in [-0.2, -0.15) is 0 Å². The van der Waals surface area contributed by atoms with Crippen LogP contribution in [0.5, 0.6) is 0 Å². The van der Waals surface area contributed by atoms with Gasteiger partial charge in [0.15, 0.2) is 0 Å². The molecule has 0 aromatic heterocycles. The second-order valence-corrected chi connectivity index (χ2v) is 8.18. The van der Waals surface area contributed by atoms with E-state index in [2.05, 4.69) is 0 Å². The van der Waals surface area contributed by atoms with Gasteiger partial charge in [0.1, 0.15) is 11.5 Å². The van der Waals surface area contributed by atoms with E-state index in [-0.39, 0.29) is 18.1 Å². The van der Waals surface area contributed by atoms with Crippen LogP contribution in [0.15, 0.2) is 48.2 Å². The minimum absolute atomic E-state index is 0.0751. The molecule has 0 saturated carbocycles. The van der Waals surface area contributed by atoms with E-state index in [0.717, 1.165) is 11.1 Å². The fourth-order valence-electron chi connectivity index (χ4n) is 4.36. The number of amides is 2. The molecule has 2 aliphatic heterocycles. The van der Waals surface area contributed by atoms with Crippen molar-refractivity contribution in [2.45, 2.75) is 39.9 Å². The van der Waals surface area contributed by atoms with Crippen LogP contribution in [0.25, 0.3) is 5.57 Å². The molecule has 1 saturated heterocycles. The third-order valence-electron chi connectivity index (χ3n) is 5.39. The maximum atomic E-state index is 13.6. The van der Waals surface area contributed by atoms with Gasteiger partial charge >= 0.3 is 0 Å². The van der Waals surface area contributed by atoms with Gasteiger partial charge in [-0.05, 0) is 68.7 Å². The van der Waals surface area contributed by atoms with Gasteiger partial charge in [-0.1, -0.05) is 18.2 Å². The Balaban J connectivity index is 1.85. The molecular formula is C24H25FN2O3. The predicted molar refractivity (Wildman–Crippen MR) is 113 cm³/mol. The molecule has 0 radical (unpaired) electrons. The molecule has 2 heterocycles. The summed E-state index contributed by atoms with van der Waals surface area (Å²) in [6.45, 7) is 8.77. The minimum Gasteiger partial charge on any atom is -0.372 e. The van der Waals surface area contributed by atoms with E-state index < -0.39 is 11.7 Å². The summed E-state index contributed by atoms with van der Waals surface area (Å²) in [6.07, 6.45) is -0.150. The molecule has 2 aliphatic rings. The van der Waals surface area contributed by atoms with Crippen LogP contribution in [-0.2, 0) is 14.3 Å². The largest absolute Gasteiger partial charge is 0.372 e. The third kappa shape index (κ3) is 3.63. The zero-order valence-corrected chi connectivity index (χ0v) is 17.6. The number of carbonyl (C=O) groups is 2. The number of hydrogen-bond acceptors (Lipinski definition) is 4. The summed E-state index contributed by atoms with van der Waals surface area (Å²) in [6, 6.07) is 11.4. The SMILES string of the molecule is Cc1cc(C)cc(N2C(=O)C(c3ccc(F)cc3)=C(N3CC(C)OC(C)C3)C2=O)c1. The number of aryl methyl sites for hydroxylation is 2. The molecule has 1 fully saturated rings. The Kier molecular flexibility index (Phi) is 5.20. The van der Waals surface area contributed by atoms with Gasteiger partial charge in [-0.3, -0.25) is 9.59 Å². The van der Waals surface area contributed by atoms with Gasteiger partial charge in [0.2, 0.25) is 0 Å². The standard InChI is InChI=1S/C24H25FN2O3/c1-14-9-15(2)11-20(10-14)27-23(28)21(18-5-7-19(25)8-6-18)22(24(27)29)26-12-16(3)30-17(4)13-26/h5-11,16-17H,12-13H2,1-4H3. The monoisotopic (exact) mass is 408 g/mol. The van der Waals surface area contributed by atoms with Crippen molar-refractivity contribution >= 4 is 23.1 Å². The highest BCUT2D eigenvalue weighted by Crippen LogP contribution is 2.36. The van der Waals surface area contributed by atoms with Crippen LogP contribution in [0, 0.1) is 19.7 Å². The fraction of sp³-hybridized carbons (Fsp3) is 0.333. The van der Waals surface area contributed by atoms with Crippen LogP contribution in [0.2, 0.25) is 0 Å². The van der Waals surface area contributed by atoms with E-state index in [4.69, 9.17) is 4.74 Å². The van der Waals surface area contributed by atoms with Gasteiger partial charge in [-0.25, -0.2) is 9.29 Å². The number of anilines is 1. The third-order valence-corrected chi connectivity index (χ3v) is 5.39. The highest BCUT2D eigenvalue weighted by atomic mass is 19.1. The molecule has 2 amide bonds. The van der Waals surface area contributed by atoms with Gasteiger partial charge in [0, 0.05) is 13.1 Å². The summed E-state index contributed by atoms with van der Waals surface area (Å²) in [5, 5.41) is 0. The predicted octanol–water partition coefficient (Wildman–Crippen LogP) is 3.84. The highest BCUT2D eigenvalue weighted by molar-refractivity contribution is 6.45. The number of morpholine rings is 1. The van der Waals surface area contributed by atoms with Crippen LogP contribution < -0.4 is 4.90 Å². The molecule has 0 aliphatic carbocycles. The van der Waals surface area contributed by atoms with E-state index in [9.17, 15) is 14.0 Å². The summed E-state index contributed by atoms with van der Waals surface area (Å²) < 4.78 is 19.3. The molecule has 5 nitrogen and oxygen atoms in total. The molecule has 2 aromatic rings. The smallest absolute Gasteiger partial charge is 0.282 e. The summed E-state index contributed by atoms with van der Waals surface area (Å²) in [5.41, 5.74) is 3.68. The first-order valence-corrected chi connectivity index (χ1v) is 10.1. The second-order valence-electron chi connectivity index (χ2n) is 8.18. The van der Waals surface area contributed by atoms with Crippen LogP contribution in [-0.4, -0.2) is 42.0 Å². The minimum atomic E-state index is -0.391. The van der Waals surface area contributed by atoms with Gasteiger partial charge in [0.25, 0.3) is 11.8 Å². The molecule has 2 atom stereocenters. The molecule has 4 rings (SSSR count). The lowest BCUT2D eigenvalue weighted by Crippen LogP contribution is -2.47. The maximum Gasteiger partial charge on any atom is 0.282 e. The number of halogens is 1. The summed E-state index contributed by atoms with van der Waals surface area (Å²) in [7, 11) is 0. The first-order valence-electron chi connectivity index (χ1n) is 10.1. The van der Waals surface area contributed by atoms with E-state index in [0.29, 0.717) is 35.6 Å². The second kappa shape index (κ2) is 7.69. The summed E-state index contributed by atoms with van der Waals surface area (Å²) in [5.74, 6) is -1.14. The van der Waals surface area contributed by atoms with Crippen molar-refractivity contribution in [2.24, 2.45) is 0 Å².